The van der Waals surface area contributed by atoms with Crippen molar-refractivity contribution in [3.05, 3.63) is 0 Å². The van der Waals surface area contributed by atoms with Gasteiger partial charge in [-0.25, -0.2) is 0 Å². The van der Waals surface area contributed by atoms with Crippen molar-refractivity contribution < 1.29 is 9.53 Å². The van der Waals surface area contributed by atoms with Gasteiger partial charge in [-0.1, -0.05) is 6.42 Å². The van der Waals surface area contributed by atoms with Gasteiger partial charge in [-0.15, -0.1) is 0 Å². The summed E-state index contributed by atoms with van der Waals surface area (Å²) in [5, 5.41) is 0. The number of hydrogen-bond donors (Lipinski definition) is 1. The van der Waals surface area contributed by atoms with Crippen LogP contribution in [0.2, 0.25) is 0 Å². The molecule has 3 unspecified atom stereocenters. The number of carbonyl (C=O) groups is 1. The van der Waals surface area contributed by atoms with Crippen LogP contribution in [0.5, 0.6) is 0 Å². The van der Waals surface area contributed by atoms with Gasteiger partial charge in [0.25, 0.3) is 0 Å². The van der Waals surface area contributed by atoms with Gasteiger partial charge in [0.1, 0.15) is 0 Å². The first-order valence-corrected chi connectivity index (χ1v) is 6.66. The Balaban J connectivity index is 2.01. The highest BCUT2D eigenvalue weighted by molar-refractivity contribution is 5.81. The van der Waals surface area contributed by atoms with Crippen LogP contribution in [0.25, 0.3) is 0 Å². The van der Waals surface area contributed by atoms with E-state index in [0.717, 1.165) is 13.0 Å². The molecule has 1 amide bonds. The van der Waals surface area contributed by atoms with Crippen LogP contribution < -0.4 is 5.73 Å². The molecule has 4 heteroatoms. The first-order valence-electron chi connectivity index (χ1n) is 6.66. The van der Waals surface area contributed by atoms with E-state index in [4.69, 9.17) is 10.5 Å². The number of nitrogens with zero attached hydrogens (tertiary/aromatic N) is 1. The van der Waals surface area contributed by atoms with Crippen molar-refractivity contribution in [2.24, 2.45) is 11.1 Å². The molecule has 0 aliphatic heterocycles. The molecule has 0 aromatic heterocycles. The van der Waals surface area contributed by atoms with Crippen LogP contribution in [-0.2, 0) is 9.53 Å². The van der Waals surface area contributed by atoms with Crippen molar-refractivity contribution in [3.8, 4) is 0 Å². The molecule has 2 aliphatic rings. The van der Waals surface area contributed by atoms with E-state index in [2.05, 4.69) is 0 Å². The highest BCUT2D eigenvalue weighted by Gasteiger charge is 2.60. The molecule has 0 bridgehead atoms. The summed E-state index contributed by atoms with van der Waals surface area (Å²) in [6.45, 7) is 4.56. The van der Waals surface area contributed by atoms with Crippen LogP contribution in [0.1, 0.15) is 39.5 Å². The summed E-state index contributed by atoms with van der Waals surface area (Å²) in [6, 6.07) is -0.0606. The van der Waals surface area contributed by atoms with Crippen LogP contribution in [0.15, 0.2) is 0 Å². The number of ether oxygens (including phenoxy) is 1. The maximum absolute atomic E-state index is 11.9. The van der Waals surface area contributed by atoms with Gasteiger partial charge in [0.05, 0.1) is 12.1 Å². The van der Waals surface area contributed by atoms with Gasteiger partial charge in [0, 0.05) is 25.1 Å². The van der Waals surface area contributed by atoms with E-state index in [1.807, 2.05) is 18.9 Å². The fraction of sp³-hybridized carbons (Fsp3) is 0.923. The van der Waals surface area contributed by atoms with E-state index >= 15 is 0 Å². The topological polar surface area (TPSA) is 55.6 Å². The summed E-state index contributed by atoms with van der Waals surface area (Å²) < 4.78 is 5.79. The number of rotatable bonds is 4. The van der Waals surface area contributed by atoms with Gasteiger partial charge in [0.15, 0.2) is 0 Å². The lowest BCUT2D eigenvalue weighted by Crippen LogP contribution is -2.68. The van der Waals surface area contributed by atoms with Gasteiger partial charge in [-0.05, 0) is 33.1 Å². The quantitative estimate of drug-likeness (QED) is 0.801. The van der Waals surface area contributed by atoms with Crippen molar-refractivity contribution in [3.63, 3.8) is 0 Å². The third kappa shape index (κ3) is 1.87. The van der Waals surface area contributed by atoms with Gasteiger partial charge in [-0.2, -0.15) is 0 Å². The van der Waals surface area contributed by atoms with E-state index in [9.17, 15) is 4.79 Å². The van der Waals surface area contributed by atoms with E-state index in [1.54, 1.807) is 6.92 Å². The fourth-order valence-electron chi connectivity index (χ4n) is 3.42. The molecule has 2 N–H and O–H groups in total. The zero-order valence-electron chi connectivity index (χ0n) is 11.1. The third-order valence-corrected chi connectivity index (χ3v) is 4.60. The molecule has 0 saturated heterocycles. The molecule has 0 heterocycles. The van der Waals surface area contributed by atoms with Crippen molar-refractivity contribution >= 4 is 5.91 Å². The second-order valence-corrected chi connectivity index (χ2v) is 5.52. The van der Waals surface area contributed by atoms with Gasteiger partial charge < -0.3 is 15.4 Å². The number of hydrogen-bond acceptors (Lipinski definition) is 3. The molecular weight excluding hydrogens is 216 g/mol. The second-order valence-electron chi connectivity index (χ2n) is 5.52. The predicted octanol–water partition coefficient (Wildman–Crippen LogP) is 1.14. The zero-order chi connectivity index (χ0) is 12.6. The second kappa shape index (κ2) is 4.58. The summed E-state index contributed by atoms with van der Waals surface area (Å²) in [6.07, 6.45) is 4.98. The highest BCUT2D eigenvalue weighted by atomic mass is 16.5. The van der Waals surface area contributed by atoms with Crippen LogP contribution in [0.4, 0.5) is 0 Å². The first kappa shape index (κ1) is 12.8. The van der Waals surface area contributed by atoms with Crippen molar-refractivity contribution in [1.29, 1.82) is 0 Å². The smallest absolute Gasteiger partial charge is 0.239 e. The molecule has 98 valence electrons. The molecular formula is C13H24N2O2. The van der Waals surface area contributed by atoms with Crippen molar-refractivity contribution in [1.82, 2.24) is 4.90 Å². The zero-order valence-corrected chi connectivity index (χ0v) is 11.1. The monoisotopic (exact) mass is 240 g/mol. The average molecular weight is 240 g/mol. The molecule has 1 spiro atoms. The largest absolute Gasteiger partial charge is 0.378 e. The molecule has 3 atom stereocenters. The minimum Gasteiger partial charge on any atom is -0.378 e. The SMILES string of the molecule is CCOC1CC(N(C)C(=O)C(C)N)C12CCC2. The lowest BCUT2D eigenvalue weighted by Gasteiger charge is -2.63. The maximum atomic E-state index is 11.9. The molecule has 0 radical (unpaired) electrons. The Kier molecular flexibility index (Phi) is 3.46. The number of carbonyl (C=O) groups excluding carboxylic acids is 1. The van der Waals surface area contributed by atoms with Crippen LogP contribution in [-0.4, -0.2) is 42.6 Å². The normalized spacial score (nSPS) is 31.5. The summed E-state index contributed by atoms with van der Waals surface area (Å²) in [7, 11) is 1.89. The molecule has 2 rings (SSSR count). The Bertz CT molecular complexity index is 300. The Morgan fingerprint density at radius 2 is 2.24 bits per heavy atom. The molecule has 2 fully saturated rings. The van der Waals surface area contributed by atoms with Crippen LogP contribution >= 0.6 is 0 Å². The Morgan fingerprint density at radius 1 is 1.59 bits per heavy atom. The number of amides is 1. The van der Waals surface area contributed by atoms with E-state index in [-0.39, 0.29) is 11.3 Å². The van der Waals surface area contributed by atoms with E-state index in [1.165, 1.54) is 19.3 Å². The number of nitrogens with two attached hydrogens (primary N) is 1. The number of likely N-dealkylation sites (N-methyl/N-ethyl adjacent to an activating group) is 1. The van der Waals surface area contributed by atoms with E-state index < -0.39 is 6.04 Å². The lowest BCUT2D eigenvalue weighted by atomic mass is 9.50. The summed E-state index contributed by atoms with van der Waals surface area (Å²) in [5.41, 5.74) is 5.92. The Hall–Kier alpha value is -0.610. The van der Waals surface area contributed by atoms with Gasteiger partial charge in [-0.3, -0.25) is 4.79 Å². The van der Waals surface area contributed by atoms with Crippen LogP contribution in [0, 0.1) is 5.41 Å². The van der Waals surface area contributed by atoms with Crippen molar-refractivity contribution in [2.45, 2.75) is 57.7 Å². The van der Waals surface area contributed by atoms with Crippen LogP contribution in [0.3, 0.4) is 0 Å². The Morgan fingerprint density at radius 3 is 2.65 bits per heavy atom. The molecule has 2 saturated carbocycles. The molecule has 4 nitrogen and oxygen atoms in total. The average Bonchev–Trinajstić information content (AvgIpc) is 2.19. The Labute approximate surface area is 103 Å². The lowest BCUT2D eigenvalue weighted by molar-refractivity contribution is -0.202. The summed E-state index contributed by atoms with van der Waals surface area (Å²) in [4.78, 5) is 13.8. The maximum Gasteiger partial charge on any atom is 0.239 e. The van der Waals surface area contributed by atoms with Gasteiger partial charge >= 0.3 is 0 Å². The predicted molar refractivity (Wildman–Crippen MR) is 66.5 cm³/mol. The summed E-state index contributed by atoms with van der Waals surface area (Å²) in [5.74, 6) is 0.0521. The standard InChI is InChI=1S/C13H24N2O2/c1-4-17-11-8-10(13(11)6-5-7-13)15(3)12(16)9(2)14/h9-11H,4-8,14H2,1-3H3. The van der Waals surface area contributed by atoms with Gasteiger partial charge in [0.2, 0.25) is 5.91 Å². The van der Waals surface area contributed by atoms with Crippen molar-refractivity contribution in [2.75, 3.05) is 13.7 Å². The molecule has 0 aromatic rings. The molecule has 17 heavy (non-hydrogen) atoms. The third-order valence-electron chi connectivity index (χ3n) is 4.60. The fourth-order valence-corrected chi connectivity index (χ4v) is 3.42. The molecule has 2 aliphatic carbocycles. The minimum absolute atomic E-state index is 0.0521. The highest BCUT2D eigenvalue weighted by Crippen LogP contribution is 2.58. The first-order chi connectivity index (χ1) is 8.03. The minimum atomic E-state index is -0.400. The molecule has 0 aromatic carbocycles. The van der Waals surface area contributed by atoms with E-state index in [0.29, 0.717) is 12.1 Å². The summed E-state index contributed by atoms with van der Waals surface area (Å²) >= 11 is 0.